The summed E-state index contributed by atoms with van der Waals surface area (Å²) in [6, 6.07) is 17.0. The lowest BCUT2D eigenvalue weighted by Gasteiger charge is -2.12. The van der Waals surface area contributed by atoms with E-state index in [0.717, 1.165) is 24.2 Å². The van der Waals surface area contributed by atoms with Gasteiger partial charge in [0.25, 0.3) is 0 Å². The maximum atomic E-state index is 12.0. The molecule has 0 bridgehead atoms. The molecule has 22 heavy (non-hydrogen) atoms. The molecule has 2 aromatic carbocycles. The van der Waals surface area contributed by atoms with Crippen LogP contribution >= 0.6 is 0 Å². The van der Waals surface area contributed by atoms with E-state index in [1.807, 2.05) is 37.3 Å². The zero-order chi connectivity index (χ0) is 15.8. The smallest absolute Gasteiger partial charge is 0.338 e. The van der Waals surface area contributed by atoms with Crippen LogP contribution in [0.5, 0.6) is 5.75 Å². The normalized spacial score (nSPS) is 11.7. The summed E-state index contributed by atoms with van der Waals surface area (Å²) in [7, 11) is 0. The Labute approximate surface area is 131 Å². The highest BCUT2D eigenvalue weighted by Crippen LogP contribution is 2.16. The zero-order valence-electron chi connectivity index (χ0n) is 13.1. The van der Waals surface area contributed by atoms with Gasteiger partial charge in [-0.15, -0.1) is 0 Å². The van der Waals surface area contributed by atoms with E-state index in [1.165, 1.54) is 0 Å². The highest BCUT2D eigenvalue weighted by Gasteiger charge is 2.11. The molecule has 0 radical (unpaired) electrons. The lowest BCUT2D eigenvalue weighted by Crippen LogP contribution is -2.14. The van der Waals surface area contributed by atoms with Crippen molar-refractivity contribution in [1.29, 1.82) is 0 Å². The van der Waals surface area contributed by atoms with Crippen LogP contribution in [0.1, 0.15) is 42.6 Å². The second-order valence-corrected chi connectivity index (χ2v) is 5.30. The van der Waals surface area contributed by atoms with Crippen molar-refractivity contribution < 1.29 is 14.3 Å². The number of benzene rings is 2. The van der Waals surface area contributed by atoms with Gasteiger partial charge in [-0.3, -0.25) is 0 Å². The van der Waals surface area contributed by atoms with Crippen LogP contribution in [0.3, 0.4) is 0 Å². The average molecular weight is 298 g/mol. The third-order valence-corrected chi connectivity index (χ3v) is 3.34. The van der Waals surface area contributed by atoms with Crippen LogP contribution in [0.4, 0.5) is 0 Å². The molecular weight excluding hydrogens is 276 g/mol. The summed E-state index contributed by atoms with van der Waals surface area (Å²) >= 11 is 0. The van der Waals surface area contributed by atoms with Gasteiger partial charge in [-0.25, -0.2) is 4.79 Å². The molecule has 116 valence electrons. The summed E-state index contributed by atoms with van der Waals surface area (Å²) in [4.78, 5) is 12.0. The Morgan fingerprint density at radius 2 is 1.73 bits per heavy atom. The van der Waals surface area contributed by atoms with Gasteiger partial charge in [0.1, 0.15) is 12.4 Å². The second kappa shape index (κ2) is 8.23. The first-order valence-electron chi connectivity index (χ1n) is 7.67. The van der Waals surface area contributed by atoms with Gasteiger partial charge in [-0.2, -0.15) is 0 Å². The molecule has 0 fully saturated rings. The van der Waals surface area contributed by atoms with E-state index >= 15 is 0 Å². The molecule has 0 aromatic heterocycles. The van der Waals surface area contributed by atoms with Crippen LogP contribution in [0.25, 0.3) is 0 Å². The van der Waals surface area contributed by atoms with Crippen molar-refractivity contribution >= 4 is 5.97 Å². The van der Waals surface area contributed by atoms with Crippen molar-refractivity contribution in [3.63, 3.8) is 0 Å². The third-order valence-electron chi connectivity index (χ3n) is 3.34. The molecule has 0 saturated carbocycles. The molecule has 0 aliphatic heterocycles. The Balaban J connectivity index is 1.88. The Hall–Kier alpha value is -2.29. The highest BCUT2D eigenvalue weighted by atomic mass is 16.5. The van der Waals surface area contributed by atoms with E-state index in [-0.39, 0.29) is 12.1 Å². The first kappa shape index (κ1) is 16.1. The maximum absolute atomic E-state index is 12.0. The van der Waals surface area contributed by atoms with Crippen LogP contribution in [-0.4, -0.2) is 12.1 Å². The fourth-order valence-corrected chi connectivity index (χ4v) is 2.14. The van der Waals surface area contributed by atoms with Gasteiger partial charge in [0.15, 0.2) is 0 Å². The minimum Gasteiger partial charge on any atom is -0.489 e. The number of hydrogen-bond donors (Lipinski definition) is 0. The molecule has 0 N–H and O–H groups in total. The quantitative estimate of drug-likeness (QED) is 0.700. The number of hydrogen-bond acceptors (Lipinski definition) is 3. The van der Waals surface area contributed by atoms with E-state index < -0.39 is 0 Å². The van der Waals surface area contributed by atoms with Crippen molar-refractivity contribution in [3.8, 4) is 5.75 Å². The molecular formula is C19H22O3. The monoisotopic (exact) mass is 298 g/mol. The number of esters is 1. The number of ether oxygens (including phenoxy) is 2. The molecule has 0 heterocycles. The molecule has 3 heteroatoms. The summed E-state index contributed by atoms with van der Waals surface area (Å²) in [6.07, 6.45) is 1.83. The fourth-order valence-electron chi connectivity index (χ4n) is 2.14. The van der Waals surface area contributed by atoms with Crippen LogP contribution in [-0.2, 0) is 11.3 Å². The van der Waals surface area contributed by atoms with Gasteiger partial charge >= 0.3 is 5.97 Å². The zero-order valence-corrected chi connectivity index (χ0v) is 13.1. The maximum Gasteiger partial charge on any atom is 0.338 e. The molecule has 0 saturated heterocycles. The van der Waals surface area contributed by atoms with Crippen LogP contribution in [0, 0.1) is 0 Å². The Bertz CT molecular complexity index is 575. The van der Waals surface area contributed by atoms with E-state index in [2.05, 4.69) is 6.92 Å². The van der Waals surface area contributed by atoms with Crippen LogP contribution in [0.2, 0.25) is 0 Å². The summed E-state index contributed by atoms with van der Waals surface area (Å²) in [5, 5.41) is 0. The first-order chi connectivity index (χ1) is 10.7. The van der Waals surface area contributed by atoms with Gasteiger partial charge in [0.05, 0.1) is 11.7 Å². The third kappa shape index (κ3) is 4.92. The van der Waals surface area contributed by atoms with Gasteiger partial charge in [0, 0.05) is 0 Å². The molecule has 2 aromatic rings. The van der Waals surface area contributed by atoms with Crippen molar-refractivity contribution in [1.82, 2.24) is 0 Å². The Kier molecular flexibility index (Phi) is 6.01. The number of rotatable bonds is 7. The van der Waals surface area contributed by atoms with Gasteiger partial charge < -0.3 is 9.47 Å². The van der Waals surface area contributed by atoms with Crippen molar-refractivity contribution in [2.24, 2.45) is 0 Å². The molecule has 1 unspecified atom stereocenters. The van der Waals surface area contributed by atoms with E-state index in [4.69, 9.17) is 9.47 Å². The molecule has 0 amide bonds. The molecule has 0 spiro atoms. The summed E-state index contributed by atoms with van der Waals surface area (Å²) in [6.45, 7) is 4.50. The fraction of sp³-hybridized carbons (Fsp3) is 0.316. The predicted octanol–water partition coefficient (Wildman–Crippen LogP) is 4.61. The van der Waals surface area contributed by atoms with E-state index in [0.29, 0.717) is 12.2 Å². The van der Waals surface area contributed by atoms with Crippen molar-refractivity contribution in [3.05, 3.63) is 65.7 Å². The minimum atomic E-state index is -0.282. The lowest BCUT2D eigenvalue weighted by molar-refractivity contribution is 0.0323. The van der Waals surface area contributed by atoms with Crippen LogP contribution < -0.4 is 4.74 Å². The molecule has 3 nitrogen and oxygen atoms in total. The molecule has 0 aliphatic rings. The summed E-state index contributed by atoms with van der Waals surface area (Å²) in [5.74, 6) is 0.456. The minimum absolute atomic E-state index is 0.0495. The molecule has 2 rings (SSSR count). The van der Waals surface area contributed by atoms with Crippen molar-refractivity contribution in [2.45, 2.75) is 39.4 Å². The molecule has 1 atom stereocenters. The number of carbonyl (C=O) groups is 1. The van der Waals surface area contributed by atoms with Gasteiger partial charge in [0.2, 0.25) is 0 Å². The predicted molar refractivity (Wildman–Crippen MR) is 87.0 cm³/mol. The molecule has 0 aliphatic carbocycles. The highest BCUT2D eigenvalue weighted by molar-refractivity contribution is 5.89. The Morgan fingerprint density at radius 1 is 1.05 bits per heavy atom. The summed E-state index contributed by atoms with van der Waals surface area (Å²) in [5.41, 5.74) is 1.66. The van der Waals surface area contributed by atoms with Gasteiger partial charge in [-0.1, -0.05) is 43.7 Å². The first-order valence-corrected chi connectivity index (χ1v) is 7.67. The largest absolute Gasteiger partial charge is 0.489 e. The van der Waals surface area contributed by atoms with E-state index in [1.54, 1.807) is 24.3 Å². The Morgan fingerprint density at radius 3 is 2.36 bits per heavy atom. The topological polar surface area (TPSA) is 35.5 Å². The van der Waals surface area contributed by atoms with Crippen molar-refractivity contribution in [2.75, 3.05) is 0 Å². The van der Waals surface area contributed by atoms with Crippen LogP contribution in [0.15, 0.2) is 54.6 Å². The lowest BCUT2D eigenvalue weighted by atomic mass is 10.2. The van der Waals surface area contributed by atoms with Gasteiger partial charge in [-0.05, 0) is 43.2 Å². The second-order valence-electron chi connectivity index (χ2n) is 5.30. The summed E-state index contributed by atoms with van der Waals surface area (Å²) < 4.78 is 11.1. The van der Waals surface area contributed by atoms with E-state index in [9.17, 15) is 4.79 Å². The number of carbonyl (C=O) groups excluding carboxylic acids is 1. The SMILES string of the molecule is CCCC(C)OC(=O)c1ccc(OCc2ccccc2)cc1. The standard InChI is InChI=1S/C19H22O3/c1-3-7-15(2)22-19(20)17-10-12-18(13-11-17)21-14-16-8-5-4-6-9-16/h4-6,8-13,15H,3,7,14H2,1-2H3. The average Bonchev–Trinajstić information content (AvgIpc) is 2.54.